The van der Waals surface area contributed by atoms with Crippen molar-refractivity contribution in [3.8, 4) is 0 Å². The van der Waals surface area contributed by atoms with Crippen LogP contribution < -0.4 is 10.5 Å². The molecule has 0 aliphatic carbocycles. The minimum absolute atomic E-state index is 0.0212. The van der Waals surface area contributed by atoms with Gasteiger partial charge in [-0.2, -0.15) is 0 Å². The Hall–Kier alpha value is -3.66. The van der Waals surface area contributed by atoms with Crippen molar-refractivity contribution in [1.29, 1.82) is 0 Å². The zero-order valence-electron chi connectivity index (χ0n) is 21.3. The number of carbonyl (C=O) groups is 2. The topological polar surface area (TPSA) is 114 Å². The minimum atomic E-state index is -0.842. The predicted octanol–water partition coefficient (Wildman–Crippen LogP) is 4.00. The smallest absolute Gasteiger partial charge is 0.337 e. The first-order valence-corrected chi connectivity index (χ1v) is 12.3. The van der Waals surface area contributed by atoms with Crippen LogP contribution in [0.1, 0.15) is 43.7 Å². The average Bonchev–Trinajstić information content (AvgIpc) is 2.88. The monoisotopic (exact) mass is 506 g/mol. The molecule has 9 heteroatoms. The molecule has 1 fully saturated rings. The Bertz CT molecular complexity index is 1210. The summed E-state index contributed by atoms with van der Waals surface area (Å²) in [6.45, 7) is 5.77. The number of hydrogen-bond donors (Lipinski definition) is 2. The van der Waals surface area contributed by atoms with Gasteiger partial charge in [0.2, 0.25) is 0 Å². The maximum absolute atomic E-state index is 13.7. The van der Waals surface area contributed by atoms with E-state index in [0.29, 0.717) is 23.5 Å². The number of ether oxygens (including phenoxy) is 2. The Morgan fingerprint density at radius 3 is 2.46 bits per heavy atom. The van der Waals surface area contributed by atoms with Crippen LogP contribution in [0, 0.1) is 5.21 Å². The van der Waals surface area contributed by atoms with Gasteiger partial charge in [0.05, 0.1) is 29.9 Å². The summed E-state index contributed by atoms with van der Waals surface area (Å²) in [7, 11) is 1.27. The molecule has 196 valence electrons. The first kappa shape index (κ1) is 26.4. The lowest BCUT2D eigenvalue weighted by atomic mass is 9.80. The Balaban J connectivity index is 1.61. The summed E-state index contributed by atoms with van der Waals surface area (Å²) >= 11 is 0. The molecule has 2 atom stereocenters. The van der Waals surface area contributed by atoms with Crippen molar-refractivity contribution in [3.63, 3.8) is 0 Å². The summed E-state index contributed by atoms with van der Waals surface area (Å²) in [5.41, 5.74) is 3.24. The van der Waals surface area contributed by atoms with Crippen molar-refractivity contribution in [2.45, 2.75) is 45.3 Å². The number of methoxy groups -OCH3 is 1. The summed E-state index contributed by atoms with van der Waals surface area (Å²) < 4.78 is 11.1. The predicted molar refractivity (Wildman–Crippen MR) is 138 cm³/mol. The molecule has 2 aromatic rings. The van der Waals surface area contributed by atoms with Crippen molar-refractivity contribution in [1.82, 2.24) is 10.2 Å². The number of hydrogen-bond acceptors (Lipinski definition) is 9. The number of dihydropyridines is 1. The normalized spacial score (nSPS) is 20.4. The van der Waals surface area contributed by atoms with Gasteiger partial charge in [-0.05, 0) is 56.5 Å². The van der Waals surface area contributed by atoms with Crippen LogP contribution in [0.25, 0.3) is 0 Å². The molecule has 9 nitrogen and oxygen atoms in total. The number of carbonyl (C=O) groups excluding carboxylic acids is 2. The first-order valence-electron chi connectivity index (χ1n) is 12.3. The molecular weight excluding hydrogens is 474 g/mol. The molecule has 2 N–H and O–H groups in total. The molecule has 0 aromatic heterocycles. The molecule has 37 heavy (non-hydrogen) atoms. The number of rotatable bonds is 7. The molecule has 0 radical (unpaired) electrons. The fourth-order valence-electron chi connectivity index (χ4n) is 5.11. The molecule has 4 rings (SSSR count). The average molecular weight is 507 g/mol. The van der Waals surface area contributed by atoms with Crippen LogP contribution in [0.4, 0.5) is 5.69 Å². The number of nitrogens with zero attached hydrogens (tertiary/aromatic N) is 2. The number of likely N-dealkylation sites (tertiary alicyclic amines) is 1. The van der Waals surface area contributed by atoms with Crippen LogP contribution in [0.3, 0.4) is 0 Å². The van der Waals surface area contributed by atoms with Crippen LogP contribution in [0.15, 0.2) is 77.1 Å². The number of anilines is 1. The van der Waals surface area contributed by atoms with Gasteiger partial charge in [-0.3, -0.25) is 10.1 Å². The lowest BCUT2D eigenvalue weighted by Gasteiger charge is -2.35. The fraction of sp³-hybridized carbons (Fsp3) is 0.357. The largest absolute Gasteiger partial charge is 0.733 e. The third-order valence-electron chi connectivity index (χ3n) is 6.79. The van der Waals surface area contributed by atoms with Crippen molar-refractivity contribution in [2.24, 2.45) is 0 Å². The van der Waals surface area contributed by atoms with Gasteiger partial charge in [-0.25, -0.2) is 9.59 Å². The van der Waals surface area contributed by atoms with Gasteiger partial charge in [0.25, 0.3) is 0 Å². The van der Waals surface area contributed by atoms with Crippen LogP contribution in [0.2, 0.25) is 0 Å². The molecule has 0 amide bonds. The van der Waals surface area contributed by atoms with E-state index < -0.39 is 17.9 Å². The second-order valence-electron chi connectivity index (χ2n) is 9.39. The highest BCUT2D eigenvalue weighted by molar-refractivity contribution is 6.00. The molecular formula is C28H32N3O6-. The Morgan fingerprint density at radius 1 is 1.08 bits per heavy atom. The van der Waals surface area contributed by atoms with E-state index in [9.17, 15) is 20.0 Å². The maximum Gasteiger partial charge on any atom is 0.337 e. The van der Waals surface area contributed by atoms with Gasteiger partial charge >= 0.3 is 11.9 Å². The molecule has 0 bridgehead atoms. The lowest BCUT2D eigenvalue weighted by molar-refractivity contribution is -0.147. The van der Waals surface area contributed by atoms with Crippen molar-refractivity contribution < 1.29 is 24.3 Å². The molecule has 2 aliphatic rings. The molecule has 2 aliphatic heterocycles. The lowest BCUT2D eigenvalue weighted by Crippen LogP contribution is -2.41. The van der Waals surface area contributed by atoms with Gasteiger partial charge in [-0.1, -0.05) is 42.5 Å². The number of nitrogens with one attached hydrogen (secondary N) is 1. The van der Waals surface area contributed by atoms with Crippen molar-refractivity contribution in [2.75, 3.05) is 25.4 Å². The zero-order chi connectivity index (χ0) is 26.5. The second kappa shape index (κ2) is 11.6. The molecule has 0 saturated carbocycles. The van der Waals surface area contributed by atoms with Crippen LogP contribution in [-0.2, 0) is 25.6 Å². The Kier molecular flexibility index (Phi) is 8.27. The molecule has 0 unspecified atom stereocenters. The molecule has 1 saturated heterocycles. The van der Waals surface area contributed by atoms with E-state index in [1.165, 1.54) is 24.8 Å². The highest BCUT2D eigenvalue weighted by Gasteiger charge is 2.39. The van der Waals surface area contributed by atoms with Crippen molar-refractivity contribution in [3.05, 3.63) is 93.5 Å². The standard InChI is InChI=1S/C28H32N3O6/c1-18-24(27(32)36-3)26(21-11-7-12-22(15-21)31(34)35)25(19(2)29-18)28(33)37-23-13-8-14-30(17-23)16-20-9-5-4-6-10-20/h4-7,9-12,15,23,26,29,34H,8,13-14,16-17H2,1-3H3/q-1/t23-,26-/m1/s1. The van der Waals surface area contributed by atoms with E-state index in [1.807, 2.05) is 18.2 Å². The summed E-state index contributed by atoms with van der Waals surface area (Å²) in [6, 6.07) is 16.3. The minimum Gasteiger partial charge on any atom is -0.733 e. The van der Waals surface area contributed by atoms with E-state index in [0.717, 1.165) is 25.9 Å². The summed E-state index contributed by atoms with van der Waals surface area (Å²) in [5.74, 6) is -1.98. The molecule has 2 aromatic carbocycles. The molecule has 2 heterocycles. The van der Waals surface area contributed by atoms with Crippen LogP contribution in [0.5, 0.6) is 0 Å². The Labute approximate surface area is 216 Å². The third kappa shape index (κ3) is 6.02. The maximum atomic E-state index is 13.7. The van der Waals surface area contributed by atoms with E-state index in [1.54, 1.807) is 26.0 Å². The first-order chi connectivity index (χ1) is 17.8. The molecule has 0 spiro atoms. The van der Waals surface area contributed by atoms with Gasteiger partial charge in [0, 0.05) is 24.5 Å². The SMILES string of the molecule is COC(=O)C1=C(C)NC(C)=C(C(=O)O[C@@H]2CCCN(Cc3ccccc3)C2)[C@@H]1c1cccc(N([O-])O)c1. The van der Waals surface area contributed by atoms with Gasteiger partial charge in [0.1, 0.15) is 6.10 Å². The highest BCUT2D eigenvalue weighted by Crippen LogP contribution is 2.40. The third-order valence-corrected chi connectivity index (χ3v) is 6.79. The highest BCUT2D eigenvalue weighted by atomic mass is 16.8. The van der Waals surface area contributed by atoms with Crippen molar-refractivity contribution >= 4 is 17.6 Å². The van der Waals surface area contributed by atoms with E-state index in [2.05, 4.69) is 22.3 Å². The fourth-order valence-corrected chi connectivity index (χ4v) is 5.11. The summed E-state index contributed by atoms with van der Waals surface area (Å²) in [5, 5.41) is 23.9. The Morgan fingerprint density at radius 2 is 1.78 bits per heavy atom. The number of piperidine rings is 1. The van der Waals surface area contributed by atoms with Gasteiger partial charge in [-0.15, -0.1) is 0 Å². The van der Waals surface area contributed by atoms with E-state index in [-0.39, 0.29) is 28.2 Å². The summed E-state index contributed by atoms with van der Waals surface area (Å²) in [6.07, 6.45) is 1.33. The van der Waals surface area contributed by atoms with E-state index in [4.69, 9.17) is 9.47 Å². The zero-order valence-corrected chi connectivity index (χ0v) is 21.3. The quantitative estimate of drug-likeness (QED) is 0.425. The van der Waals surface area contributed by atoms with Gasteiger partial charge in [0.15, 0.2) is 0 Å². The number of allylic oxidation sites excluding steroid dienone is 2. The van der Waals surface area contributed by atoms with E-state index >= 15 is 0 Å². The van der Waals surface area contributed by atoms with Crippen LogP contribution in [-0.4, -0.2) is 48.3 Å². The van der Waals surface area contributed by atoms with Crippen LogP contribution >= 0.6 is 0 Å². The number of benzene rings is 2. The number of esters is 2. The summed E-state index contributed by atoms with van der Waals surface area (Å²) in [4.78, 5) is 28.8. The van der Waals surface area contributed by atoms with Gasteiger partial charge < -0.3 is 25.2 Å². The second-order valence-corrected chi connectivity index (χ2v) is 9.39.